The lowest BCUT2D eigenvalue weighted by Crippen LogP contribution is -2.30. The Morgan fingerprint density at radius 1 is 1.32 bits per heavy atom. The highest BCUT2D eigenvalue weighted by Crippen LogP contribution is 2.39. The van der Waals surface area contributed by atoms with Crippen molar-refractivity contribution < 1.29 is 9.66 Å². The molecule has 19 heavy (non-hydrogen) atoms. The molecule has 5 nitrogen and oxygen atoms in total. The summed E-state index contributed by atoms with van der Waals surface area (Å²) >= 11 is 0. The molecule has 0 aromatic heterocycles. The van der Waals surface area contributed by atoms with Crippen molar-refractivity contribution in [3.63, 3.8) is 0 Å². The Hall–Kier alpha value is -1.62. The van der Waals surface area contributed by atoms with Crippen LogP contribution in [0, 0.1) is 23.0 Å². The van der Waals surface area contributed by atoms with E-state index in [0.717, 1.165) is 24.3 Å². The molecule has 102 valence electrons. The van der Waals surface area contributed by atoms with Gasteiger partial charge in [0.2, 0.25) is 0 Å². The Balaban J connectivity index is 1.76. The summed E-state index contributed by atoms with van der Waals surface area (Å²) in [6.45, 7) is 2.66. The van der Waals surface area contributed by atoms with Crippen LogP contribution in [0.15, 0.2) is 18.2 Å². The van der Waals surface area contributed by atoms with Crippen LogP contribution in [-0.4, -0.2) is 23.7 Å². The van der Waals surface area contributed by atoms with Gasteiger partial charge >= 0.3 is 0 Å². The van der Waals surface area contributed by atoms with E-state index in [9.17, 15) is 10.1 Å². The van der Waals surface area contributed by atoms with Crippen molar-refractivity contribution >= 4 is 11.4 Å². The second-order valence-corrected chi connectivity index (χ2v) is 5.53. The molecule has 1 N–H and O–H groups in total. The summed E-state index contributed by atoms with van der Waals surface area (Å²) in [6, 6.07) is 5.44. The lowest BCUT2D eigenvalue weighted by atomic mass is 10.1. The number of anilines is 1. The number of nitro benzene ring substituents is 1. The third kappa shape index (κ3) is 2.71. The molecule has 5 heteroatoms. The molecule has 0 bridgehead atoms. The molecular formula is C14H18N2O3. The first-order valence-corrected chi connectivity index (χ1v) is 6.78. The van der Waals surface area contributed by atoms with Gasteiger partial charge in [0.1, 0.15) is 0 Å². The van der Waals surface area contributed by atoms with E-state index in [-0.39, 0.29) is 22.8 Å². The largest absolute Gasteiger partial charge is 0.379 e. The van der Waals surface area contributed by atoms with E-state index >= 15 is 0 Å². The molecule has 1 aliphatic heterocycles. The standard InChI is InChI=1S/C14H18N2O3/c1-9-6-11(8-12(7-9)16(17)18)15-13-4-5-19-14(13)10-2-3-10/h6-8,10,13-15H,2-5H2,1H3. The zero-order valence-corrected chi connectivity index (χ0v) is 11.0. The molecule has 0 radical (unpaired) electrons. The number of benzene rings is 1. The van der Waals surface area contributed by atoms with Crippen molar-refractivity contribution in [2.45, 2.75) is 38.3 Å². The van der Waals surface area contributed by atoms with Gasteiger partial charge in [0.15, 0.2) is 0 Å². The molecule has 1 aromatic carbocycles. The van der Waals surface area contributed by atoms with Crippen LogP contribution in [0.2, 0.25) is 0 Å². The SMILES string of the molecule is Cc1cc(NC2CCOC2C2CC2)cc([N+](=O)[O-])c1. The summed E-state index contributed by atoms with van der Waals surface area (Å²) in [4.78, 5) is 10.5. The average Bonchev–Trinajstić information content (AvgIpc) is 3.10. The first kappa shape index (κ1) is 12.4. The highest BCUT2D eigenvalue weighted by molar-refractivity contribution is 5.54. The van der Waals surface area contributed by atoms with E-state index in [0.29, 0.717) is 5.92 Å². The van der Waals surface area contributed by atoms with E-state index in [2.05, 4.69) is 5.32 Å². The summed E-state index contributed by atoms with van der Waals surface area (Å²) in [5.41, 5.74) is 1.87. The number of hydrogen-bond acceptors (Lipinski definition) is 4. The van der Waals surface area contributed by atoms with Crippen molar-refractivity contribution in [3.05, 3.63) is 33.9 Å². The van der Waals surface area contributed by atoms with Gasteiger partial charge in [-0.05, 0) is 43.7 Å². The number of aryl methyl sites for hydroxylation is 1. The van der Waals surface area contributed by atoms with Crippen molar-refractivity contribution in [2.75, 3.05) is 11.9 Å². The van der Waals surface area contributed by atoms with Gasteiger partial charge < -0.3 is 10.1 Å². The molecule has 2 aliphatic rings. The van der Waals surface area contributed by atoms with Gasteiger partial charge in [-0.25, -0.2) is 0 Å². The maximum absolute atomic E-state index is 10.9. The molecule has 1 aromatic rings. The van der Waals surface area contributed by atoms with Gasteiger partial charge in [-0.1, -0.05) is 0 Å². The van der Waals surface area contributed by atoms with Crippen LogP contribution in [0.25, 0.3) is 0 Å². The summed E-state index contributed by atoms with van der Waals surface area (Å²) in [5, 5.41) is 14.3. The Bertz CT molecular complexity index is 499. The highest BCUT2D eigenvalue weighted by Gasteiger charge is 2.40. The van der Waals surface area contributed by atoms with Gasteiger partial charge in [0.25, 0.3) is 5.69 Å². The zero-order valence-electron chi connectivity index (χ0n) is 11.0. The van der Waals surface area contributed by atoms with Gasteiger partial charge in [0.05, 0.1) is 17.1 Å². The monoisotopic (exact) mass is 262 g/mol. The molecule has 2 unspecified atom stereocenters. The third-order valence-electron chi connectivity index (χ3n) is 3.85. The first-order chi connectivity index (χ1) is 9.13. The molecule has 1 saturated heterocycles. The molecule has 1 saturated carbocycles. The zero-order chi connectivity index (χ0) is 13.4. The van der Waals surface area contributed by atoms with E-state index in [1.165, 1.54) is 12.8 Å². The number of nitro groups is 1. The quantitative estimate of drug-likeness (QED) is 0.669. The normalized spacial score (nSPS) is 26.4. The smallest absolute Gasteiger partial charge is 0.271 e. The lowest BCUT2D eigenvalue weighted by molar-refractivity contribution is -0.384. The Morgan fingerprint density at radius 3 is 2.79 bits per heavy atom. The van der Waals surface area contributed by atoms with Crippen LogP contribution in [-0.2, 0) is 4.74 Å². The summed E-state index contributed by atoms with van der Waals surface area (Å²) < 4.78 is 5.77. The molecular weight excluding hydrogens is 244 g/mol. The fourth-order valence-corrected chi connectivity index (χ4v) is 2.82. The Labute approximate surface area is 112 Å². The number of nitrogens with zero attached hydrogens (tertiary/aromatic N) is 1. The van der Waals surface area contributed by atoms with Crippen LogP contribution in [0.1, 0.15) is 24.8 Å². The Morgan fingerprint density at radius 2 is 2.11 bits per heavy atom. The second kappa shape index (κ2) is 4.81. The van der Waals surface area contributed by atoms with E-state index in [1.807, 2.05) is 13.0 Å². The lowest BCUT2D eigenvalue weighted by Gasteiger charge is -2.20. The molecule has 2 fully saturated rings. The van der Waals surface area contributed by atoms with Crippen LogP contribution >= 0.6 is 0 Å². The predicted octanol–water partition coefficient (Wildman–Crippen LogP) is 2.88. The first-order valence-electron chi connectivity index (χ1n) is 6.78. The topological polar surface area (TPSA) is 64.4 Å². The van der Waals surface area contributed by atoms with Crippen molar-refractivity contribution in [3.8, 4) is 0 Å². The number of nitrogens with one attached hydrogen (secondary N) is 1. The van der Waals surface area contributed by atoms with E-state index in [1.54, 1.807) is 12.1 Å². The Kier molecular flexibility index (Phi) is 3.14. The summed E-state index contributed by atoms with van der Waals surface area (Å²) in [5.74, 6) is 0.680. The highest BCUT2D eigenvalue weighted by atomic mass is 16.6. The minimum Gasteiger partial charge on any atom is -0.379 e. The number of hydrogen-bond donors (Lipinski definition) is 1. The third-order valence-corrected chi connectivity index (χ3v) is 3.85. The van der Waals surface area contributed by atoms with Gasteiger partial charge in [-0.15, -0.1) is 0 Å². The van der Waals surface area contributed by atoms with Crippen LogP contribution in [0.4, 0.5) is 11.4 Å². The van der Waals surface area contributed by atoms with Gasteiger partial charge in [-0.3, -0.25) is 10.1 Å². The summed E-state index contributed by atoms with van der Waals surface area (Å²) in [6.07, 6.45) is 3.75. The molecule has 0 amide bonds. The van der Waals surface area contributed by atoms with Crippen LogP contribution in [0.5, 0.6) is 0 Å². The average molecular weight is 262 g/mol. The maximum Gasteiger partial charge on any atom is 0.271 e. The second-order valence-electron chi connectivity index (χ2n) is 5.53. The van der Waals surface area contributed by atoms with Crippen molar-refractivity contribution in [1.82, 2.24) is 0 Å². The molecule has 1 aliphatic carbocycles. The van der Waals surface area contributed by atoms with Gasteiger partial charge in [0, 0.05) is 24.4 Å². The van der Waals surface area contributed by atoms with E-state index in [4.69, 9.17) is 4.74 Å². The number of rotatable bonds is 4. The fourth-order valence-electron chi connectivity index (χ4n) is 2.82. The van der Waals surface area contributed by atoms with E-state index < -0.39 is 0 Å². The van der Waals surface area contributed by atoms with Crippen LogP contribution < -0.4 is 5.32 Å². The van der Waals surface area contributed by atoms with Crippen molar-refractivity contribution in [2.24, 2.45) is 5.92 Å². The minimum absolute atomic E-state index is 0.143. The summed E-state index contributed by atoms with van der Waals surface area (Å²) in [7, 11) is 0. The van der Waals surface area contributed by atoms with Gasteiger partial charge in [-0.2, -0.15) is 0 Å². The predicted molar refractivity (Wildman–Crippen MR) is 72.3 cm³/mol. The van der Waals surface area contributed by atoms with Crippen LogP contribution in [0.3, 0.4) is 0 Å². The molecule has 3 rings (SSSR count). The molecule has 1 heterocycles. The molecule has 2 atom stereocenters. The number of ether oxygens (including phenoxy) is 1. The fraction of sp³-hybridized carbons (Fsp3) is 0.571. The van der Waals surface area contributed by atoms with Crippen molar-refractivity contribution in [1.29, 1.82) is 0 Å². The maximum atomic E-state index is 10.9. The minimum atomic E-state index is -0.346. The molecule has 0 spiro atoms. The number of non-ortho nitro benzene ring substituents is 1.